The second kappa shape index (κ2) is 8.93. The van der Waals surface area contributed by atoms with E-state index < -0.39 is 17.8 Å². The van der Waals surface area contributed by atoms with Gasteiger partial charge in [0, 0.05) is 13.0 Å². The molecule has 2 atom stereocenters. The Balaban J connectivity index is 2.40. The zero-order valence-corrected chi connectivity index (χ0v) is 13.6. The van der Waals surface area contributed by atoms with Gasteiger partial charge >= 0.3 is 6.09 Å². The van der Waals surface area contributed by atoms with Crippen molar-refractivity contribution < 1.29 is 24.1 Å². The third-order valence-electron chi connectivity index (χ3n) is 2.80. The molecular weight excluding hydrogens is 288 g/mol. The zero-order valence-electron chi connectivity index (χ0n) is 13.6. The summed E-state index contributed by atoms with van der Waals surface area (Å²) < 4.78 is 15.7. The van der Waals surface area contributed by atoms with Gasteiger partial charge in [0.1, 0.15) is 11.7 Å². The summed E-state index contributed by atoms with van der Waals surface area (Å²) >= 11 is 0. The first-order valence-corrected chi connectivity index (χ1v) is 7.50. The monoisotopic (exact) mass is 314 g/mol. The molecular formula is C15H26N2O5. The van der Waals surface area contributed by atoms with Gasteiger partial charge in [0.15, 0.2) is 0 Å². The number of hydrogen-bond acceptors (Lipinski definition) is 5. The van der Waals surface area contributed by atoms with Crippen molar-refractivity contribution in [2.75, 3.05) is 39.5 Å². The van der Waals surface area contributed by atoms with Crippen LogP contribution in [0, 0.1) is 6.57 Å². The Morgan fingerprint density at radius 1 is 1.55 bits per heavy atom. The molecule has 0 saturated carbocycles. The molecule has 0 aromatic rings. The molecule has 0 aromatic carbocycles. The molecule has 1 aliphatic heterocycles. The van der Waals surface area contributed by atoms with Gasteiger partial charge in [-0.25, -0.2) is 11.4 Å². The van der Waals surface area contributed by atoms with E-state index in [-0.39, 0.29) is 19.3 Å². The van der Waals surface area contributed by atoms with Gasteiger partial charge in [-0.1, -0.05) is 0 Å². The predicted octanol–water partition coefficient (Wildman–Crippen LogP) is 1.31. The van der Waals surface area contributed by atoms with Crippen molar-refractivity contribution in [2.24, 2.45) is 0 Å². The van der Waals surface area contributed by atoms with Crippen LogP contribution in [-0.2, 0) is 14.2 Å². The van der Waals surface area contributed by atoms with Crippen molar-refractivity contribution in [1.29, 1.82) is 0 Å². The second-order valence-corrected chi connectivity index (χ2v) is 6.31. The zero-order chi connectivity index (χ0) is 16.6. The fourth-order valence-electron chi connectivity index (χ4n) is 1.73. The molecule has 0 bridgehead atoms. The maximum atomic E-state index is 12.1. The van der Waals surface area contributed by atoms with Crippen molar-refractivity contribution in [3.63, 3.8) is 0 Å². The molecule has 7 heteroatoms. The Hall–Kier alpha value is -1.36. The number of nitrogens with zero attached hydrogens (tertiary/aromatic N) is 2. The molecule has 2 unspecified atom stereocenters. The van der Waals surface area contributed by atoms with Crippen molar-refractivity contribution >= 4 is 6.09 Å². The minimum atomic E-state index is -0.792. The lowest BCUT2D eigenvalue weighted by Crippen LogP contribution is -2.43. The fourth-order valence-corrected chi connectivity index (χ4v) is 1.73. The maximum Gasteiger partial charge on any atom is 0.410 e. The number of epoxide rings is 1. The van der Waals surface area contributed by atoms with E-state index in [1.54, 1.807) is 20.8 Å². The van der Waals surface area contributed by atoms with E-state index in [0.29, 0.717) is 32.7 Å². The molecule has 0 aliphatic carbocycles. The van der Waals surface area contributed by atoms with Crippen molar-refractivity contribution in [1.82, 2.24) is 4.90 Å². The fraction of sp³-hybridized carbons (Fsp3) is 0.867. The van der Waals surface area contributed by atoms with Crippen molar-refractivity contribution in [2.45, 2.75) is 45.0 Å². The highest BCUT2D eigenvalue weighted by molar-refractivity contribution is 5.68. The molecule has 1 fully saturated rings. The van der Waals surface area contributed by atoms with Gasteiger partial charge in [0.2, 0.25) is 6.54 Å². The number of carbonyl (C=O) groups excluding carboxylic acids is 1. The van der Waals surface area contributed by atoms with Gasteiger partial charge < -0.3 is 29.1 Å². The number of aliphatic hydroxyl groups excluding tert-OH is 1. The van der Waals surface area contributed by atoms with Gasteiger partial charge in [-0.05, 0) is 20.8 Å². The van der Waals surface area contributed by atoms with Crippen molar-refractivity contribution in [3.05, 3.63) is 11.4 Å². The van der Waals surface area contributed by atoms with Gasteiger partial charge in [0.25, 0.3) is 0 Å². The molecule has 1 saturated heterocycles. The maximum absolute atomic E-state index is 12.1. The number of rotatable bonds is 9. The molecule has 0 aromatic heterocycles. The summed E-state index contributed by atoms with van der Waals surface area (Å²) in [5.74, 6) is 0. The van der Waals surface area contributed by atoms with Crippen LogP contribution in [0.25, 0.3) is 4.85 Å². The highest BCUT2D eigenvalue weighted by Crippen LogP contribution is 2.12. The van der Waals surface area contributed by atoms with Gasteiger partial charge in [-0.3, -0.25) is 0 Å². The Morgan fingerprint density at radius 3 is 2.77 bits per heavy atom. The van der Waals surface area contributed by atoms with E-state index in [1.165, 1.54) is 4.90 Å². The number of hydrogen-bond donors (Lipinski definition) is 1. The molecule has 1 amide bonds. The quantitative estimate of drug-likeness (QED) is 0.394. The van der Waals surface area contributed by atoms with E-state index >= 15 is 0 Å². The average Bonchev–Trinajstić information content (AvgIpc) is 3.20. The molecule has 1 aliphatic rings. The lowest BCUT2D eigenvalue weighted by molar-refractivity contribution is -0.00688. The smallest absolute Gasteiger partial charge is 0.410 e. The highest BCUT2D eigenvalue weighted by Gasteiger charge is 2.25. The summed E-state index contributed by atoms with van der Waals surface area (Å²) in [6.45, 7) is 14.3. The molecule has 1 N–H and O–H groups in total. The standard InChI is InChI=1S/C15H26N2O5/c1-15(2,3)22-14(19)17(7-5-6-16-4)8-12(18)9-20-10-13-11-21-13/h12-13,18H,5-11H2,1-3H3. The van der Waals surface area contributed by atoms with E-state index in [4.69, 9.17) is 20.8 Å². The first kappa shape index (κ1) is 18.7. The Bertz CT molecular complexity index is 384. The summed E-state index contributed by atoms with van der Waals surface area (Å²) in [5.41, 5.74) is -0.597. The highest BCUT2D eigenvalue weighted by atomic mass is 16.6. The number of carbonyl (C=O) groups is 1. The summed E-state index contributed by atoms with van der Waals surface area (Å²) in [4.78, 5) is 16.8. The molecule has 7 nitrogen and oxygen atoms in total. The first-order valence-electron chi connectivity index (χ1n) is 7.50. The van der Waals surface area contributed by atoms with Crippen LogP contribution < -0.4 is 0 Å². The summed E-state index contributed by atoms with van der Waals surface area (Å²) in [6.07, 6.45) is -0.583. The largest absolute Gasteiger partial charge is 0.444 e. The first-order chi connectivity index (χ1) is 10.3. The second-order valence-electron chi connectivity index (χ2n) is 6.31. The third kappa shape index (κ3) is 8.82. The van der Waals surface area contributed by atoms with Crippen molar-refractivity contribution in [3.8, 4) is 0 Å². The van der Waals surface area contributed by atoms with E-state index in [0.717, 1.165) is 0 Å². The summed E-state index contributed by atoms with van der Waals surface area (Å²) in [6, 6.07) is 0. The number of aliphatic hydroxyl groups is 1. The van der Waals surface area contributed by atoms with Crippen LogP contribution in [0.3, 0.4) is 0 Å². The molecule has 1 rings (SSSR count). The van der Waals surface area contributed by atoms with Crippen LogP contribution in [-0.4, -0.2) is 73.4 Å². The van der Waals surface area contributed by atoms with Crippen LogP contribution >= 0.6 is 0 Å². The number of amides is 1. The lowest BCUT2D eigenvalue weighted by Gasteiger charge is -2.28. The van der Waals surface area contributed by atoms with Crippen LogP contribution in [0.1, 0.15) is 27.2 Å². The lowest BCUT2D eigenvalue weighted by atomic mass is 10.2. The van der Waals surface area contributed by atoms with Crippen LogP contribution in [0.2, 0.25) is 0 Å². The predicted molar refractivity (Wildman–Crippen MR) is 80.5 cm³/mol. The topological polar surface area (TPSA) is 75.9 Å². The molecule has 0 spiro atoms. The van der Waals surface area contributed by atoms with E-state index in [9.17, 15) is 9.90 Å². The summed E-state index contributed by atoms with van der Waals surface area (Å²) in [5, 5.41) is 9.98. The van der Waals surface area contributed by atoms with Crippen LogP contribution in [0.4, 0.5) is 4.79 Å². The molecule has 126 valence electrons. The van der Waals surface area contributed by atoms with Gasteiger partial charge in [-0.2, -0.15) is 0 Å². The van der Waals surface area contributed by atoms with E-state index in [2.05, 4.69) is 4.85 Å². The van der Waals surface area contributed by atoms with Gasteiger partial charge in [-0.15, -0.1) is 0 Å². The number of ether oxygens (including phenoxy) is 3. The van der Waals surface area contributed by atoms with Crippen LogP contribution in [0.5, 0.6) is 0 Å². The Morgan fingerprint density at radius 2 is 2.23 bits per heavy atom. The van der Waals surface area contributed by atoms with E-state index in [1.807, 2.05) is 0 Å². The SMILES string of the molecule is [C-]#[N+]CCCN(CC(O)COCC1CO1)C(=O)OC(C)(C)C. The normalized spacial score (nSPS) is 18.4. The minimum absolute atomic E-state index is 0.123. The molecule has 0 radical (unpaired) electrons. The molecule has 22 heavy (non-hydrogen) atoms. The van der Waals surface area contributed by atoms with Crippen LogP contribution in [0.15, 0.2) is 0 Å². The Labute approximate surface area is 132 Å². The third-order valence-corrected chi connectivity index (χ3v) is 2.80. The summed E-state index contributed by atoms with van der Waals surface area (Å²) in [7, 11) is 0. The molecule has 1 heterocycles. The minimum Gasteiger partial charge on any atom is -0.444 e. The average molecular weight is 314 g/mol. The Kier molecular flexibility index (Phi) is 7.59. The van der Waals surface area contributed by atoms with Gasteiger partial charge in [0.05, 0.1) is 32.5 Å².